The van der Waals surface area contributed by atoms with Crippen LogP contribution in [0.15, 0.2) is 12.2 Å². The van der Waals surface area contributed by atoms with Gasteiger partial charge in [-0.05, 0) is 51.9 Å². The van der Waals surface area contributed by atoms with E-state index in [4.69, 9.17) is 71.1 Å². The molecule has 0 radical (unpaired) electrons. The van der Waals surface area contributed by atoms with Crippen molar-refractivity contribution in [3.05, 3.63) is 12.2 Å². The quantitative estimate of drug-likeness (QED) is 0.0396. The summed E-state index contributed by atoms with van der Waals surface area (Å²) in [5, 5.41) is 0. The molecular weight excluding hydrogens is 808 g/mol. The van der Waals surface area contributed by atoms with E-state index in [1.54, 1.807) is 6.92 Å². The van der Waals surface area contributed by atoms with Crippen molar-refractivity contribution in [1.82, 2.24) is 0 Å². The standard InChI is InChI=1S/C46H90O16/c1-4-5-6-7-8-9-16-48-17-10-18-49-19-11-20-50-21-12-22-51-23-13-24-52-25-14-26-53-27-15-28-54-29-30-55-31-32-56-33-34-57-35-36-58-37-38-59-39-40-60-41-42-61-43-44-62-46(47)45(2)3/h2,4-44H2,1,3H3. The minimum atomic E-state index is -0.412. The number of hydrogen-bond acceptors (Lipinski definition) is 16. The lowest BCUT2D eigenvalue weighted by Gasteiger charge is -2.09. The molecule has 0 aromatic heterocycles. The van der Waals surface area contributed by atoms with E-state index >= 15 is 0 Å². The Kier molecular flexibility index (Phi) is 54.6. The molecular formula is C46H90O16. The third kappa shape index (κ3) is 54.8. The van der Waals surface area contributed by atoms with Crippen LogP contribution < -0.4 is 0 Å². The summed E-state index contributed by atoms with van der Waals surface area (Å²) in [6.07, 6.45) is 13.2. The summed E-state index contributed by atoms with van der Waals surface area (Å²) >= 11 is 0. The molecule has 370 valence electrons. The topological polar surface area (TPSA) is 156 Å². The first-order chi connectivity index (χ1) is 30.7. The van der Waals surface area contributed by atoms with Crippen LogP contribution in [0.5, 0.6) is 0 Å². The SMILES string of the molecule is C=C(C)C(=O)OCCOCCOCCOCCOCCOCCOCCOCCOCCCOCCCOCCCOCCCOCCCOCCCOCCCCCCCC. The Balaban J connectivity index is 3.08. The lowest BCUT2D eigenvalue weighted by atomic mass is 10.1. The van der Waals surface area contributed by atoms with Crippen LogP contribution in [0.4, 0.5) is 0 Å². The average Bonchev–Trinajstić information content (AvgIpc) is 3.27. The number of carbonyl (C=O) groups is 1. The molecule has 0 atom stereocenters. The summed E-state index contributed by atoms with van der Waals surface area (Å²) < 4.78 is 82.8. The van der Waals surface area contributed by atoms with Crippen LogP contribution in [0.2, 0.25) is 0 Å². The molecule has 0 N–H and O–H groups in total. The van der Waals surface area contributed by atoms with Crippen LogP contribution in [0.1, 0.15) is 90.9 Å². The maximum Gasteiger partial charge on any atom is 0.333 e. The van der Waals surface area contributed by atoms with Crippen molar-refractivity contribution in [1.29, 1.82) is 0 Å². The van der Waals surface area contributed by atoms with Gasteiger partial charge in [-0.25, -0.2) is 4.79 Å². The second-order valence-corrected chi connectivity index (χ2v) is 14.4. The van der Waals surface area contributed by atoms with Crippen LogP contribution >= 0.6 is 0 Å². The van der Waals surface area contributed by atoms with E-state index in [0.29, 0.717) is 151 Å². The second-order valence-electron chi connectivity index (χ2n) is 14.4. The smallest absolute Gasteiger partial charge is 0.333 e. The Bertz CT molecular complexity index is 871. The van der Waals surface area contributed by atoms with Crippen molar-refractivity contribution in [2.24, 2.45) is 0 Å². The van der Waals surface area contributed by atoms with Gasteiger partial charge in [0.15, 0.2) is 0 Å². The van der Waals surface area contributed by atoms with Gasteiger partial charge < -0.3 is 71.1 Å². The zero-order valence-electron chi connectivity index (χ0n) is 39.2. The molecule has 0 heterocycles. The summed E-state index contributed by atoms with van der Waals surface area (Å²) in [6.45, 7) is 24.2. The molecule has 0 saturated heterocycles. The predicted molar refractivity (Wildman–Crippen MR) is 238 cm³/mol. The van der Waals surface area contributed by atoms with E-state index in [9.17, 15) is 4.79 Å². The first kappa shape index (κ1) is 60.6. The summed E-state index contributed by atoms with van der Waals surface area (Å²) in [6, 6.07) is 0. The fourth-order valence-corrected chi connectivity index (χ4v) is 5.13. The van der Waals surface area contributed by atoms with Gasteiger partial charge in [0.1, 0.15) is 6.61 Å². The minimum Gasteiger partial charge on any atom is -0.460 e. The van der Waals surface area contributed by atoms with Gasteiger partial charge in [-0.1, -0.05) is 45.6 Å². The Hall–Kier alpha value is -1.35. The van der Waals surface area contributed by atoms with Crippen molar-refractivity contribution < 1.29 is 75.8 Å². The van der Waals surface area contributed by atoms with E-state index < -0.39 is 5.97 Å². The van der Waals surface area contributed by atoms with Crippen molar-refractivity contribution in [2.75, 3.05) is 192 Å². The molecule has 62 heavy (non-hydrogen) atoms. The molecule has 0 rings (SSSR count). The van der Waals surface area contributed by atoms with Crippen LogP contribution in [-0.2, 0) is 75.8 Å². The predicted octanol–water partition coefficient (Wildman–Crippen LogP) is 6.04. The highest BCUT2D eigenvalue weighted by Gasteiger charge is 2.02. The summed E-state index contributed by atoms with van der Waals surface area (Å²) in [4.78, 5) is 11.2. The molecule has 0 aromatic carbocycles. The zero-order chi connectivity index (χ0) is 44.8. The van der Waals surface area contributed by atoms with Crippen LogP contribution in [-0.4, -0.2) is 198 Å². The van der Waals surface area contributed by atoms with Crippen molar-refractivity contribution in [3.63, 3.8) is 0 Å². The minimum absolute atomic E-state index is 0.199. The molecule has 0 fully saturated rings. The highest BCUT2D eigenvalue weighted by molar-refractivity contribution is 5.86. The molecule has 0 aliphatic carbocycles. The highest BCUT2D eigenvalue weighted by atomic mass is 16.6. The van der Waals surface area contributed by atoms with Crippen molar-refractivity contribution in [2.45, 2.75) is 90.9 Å². The monoisotopic (exact) mass is 899 g/mol. The van der Waals surface area contributed by atoms with E-state index in [2.05, 4.69) is 13.5 Å². The molecule has 16 heteroatoms. The molecule has 0 aromatic rings. The molecule has 0 aliphatic heterocycles. The van der Waals surface area contributed by atoms with Gasteiger partial charge in [0.05, 0.1) is 99.1 Å². The number of hydrogen-bond donors (Lipinski definition) is 0. The number of ether oxygens (including phenoxy) is 15. The molecule has 16 nitrogen and oxygen atoms in total. The van der Waals surface area contributed by atoms with Gasteiger partial charge in [-0.2, -0.15) is 0 Å². The highest BCUT2D eigenvalue weighted by Crippen LogP contribution is 2.05. The molecule has 0 amide bonds. The average molecular weight is 899 g/mol. The van der Waals surface area contributed by atoms with Gasteiger partial charge in [0.25, 0.3) is 0 Å². The van der Waals surface area contributed by atoms with Gasteiger partial charge in [-0.15, -0.1) is 0 Å². The molecule has 0 unspecified atom stereocenters. The maximum atomic E-state index is 11.2. The Morgan fingerprint density at radius 1 is 0.274 bits per heavy atom. The third-order valence-electron chi connectivity index (χ3n) is 8.52. The summed E-state index contributed by atoms with van der Waals surface area (Å²) in [5.41, 5.74) is 0.370. The normalized spacial score (nSPS) is 11.5. The molecule has 0 saturated carbocycles. The first-order valence-electron chi connectivity index (χ1n) is 23.6. The molecule has 0 aliphatic rings. The van der Waals surface area contributed by atoms with Gasteiger partial charge in [-0.3, -0.25) is 0 Å². The molecule has 0 spiro atoms. The van der Waals surface area contributed by atoms with E-state index in [0.717, 1.165) is 78.2 Å². The molecule has 0 bridgehead atoms. The fraction of sp³-hybridized carbons (Fsp3) is 0.935. The summed E-state index contributed by atoms with van der Waals surface area (Å²) in [5.74, 6) is -0.412. The maximum absolute atomic E-state index is 11.2. The Morgan fingerprint density at radius 2 is 0.468 bits per heavy atom. The van der Waals surface area contributed by atoms with Gasteiger partial charge in [0, 0.05) is 91.5 Å². The number of carbonyl (C=O) groups excluding carboxylic acids is 1. The van der Waals surface area contributed by atoms with Crippen LogP contribution in [0, 0.1) is 0 Å². The second kappa shape index (κ2) is 55.8. The first-order valence-corrected chi connectivity index (χ1v) is 23.6. The van der Waals surface area contributed by atoms with Crippen molar-refractivity contribution in [3.8, 4) is 0 Å². The third-order valence-corrected chi connectivity index (χ3v) is 8.52. The number of rotatable bonds is 56. The van der Waals surface area contributed by atoms with Crippen LogP contribution in [0.25, 0.3) is 0 Å². The van der Waals surface area contributed by atoms with E-state index in [1.807, 2.05) is 0 Å². The number of esters is 1. The Morgan fingerprint density at radius 3 is 0.726 bits per heavy atom. The van der Waals surface area contributed by atoms with Gasteiger partial charge in [0.2, 0.25) is 0 Å². The number of unbranched alkanes of at least 4 members (excludes halogenated alkanes) is 5. The lowest BCUT2D eigenvalue weighted by Crippen LogP contribution is -2.15. The zero-order valence-corrected chi connectivity index (χ0v) is 39.2. The summed E-state index contributed by atoms with van der Waals surface area (Å²) in [7, 11) is 0. The largest absolute Gasteiger partial charge is 0.460 e. The van der Waals surface area contributed by atoms with Crippen LogP contribution in [0.3, 0.4) is 0 Å². The van der Waals surface area contributed by atoms with Crippen molar-refractivity contribution >= 4 is 5.97 Å². The van der Waals surface area contributed by atoms with Gasteiger partial charge >= 0.3 is 5.97 Å². The van der Waals surface area contributed by atoms with E-state index in [-0.39, 0.29) is 6.61 Å². The fourth-order valence-electron chi connectivity index (χ4n) is 5.13. The Labute approximate surface area is 375 Å². The van der Waals surface area contributed by atoms with E-state index in [1.165, 1.54) is 38.5 Å². The lowest BCUT2D eigenvalue weighted by molar-refractivity contribution is -0.140.